The molecule has 1 N–H and O–H groups in total. The van der Waals surface area contributed by atoms with Gasteiger partial charge in [-0.1, -0.05) is 32.0 Å². The zero-order valence-corrected chi connectivity index (χ0v) is 12.6. The summed E-state index contributed by atoms with van der Waals surface area (Å²) in [4.78, 5) is 2.54. The highest BCUT2D eigenvalue weighted by Gasteiger charge is 2.34. The summed E-state index contributed by atoms with van der Waals surface area (Å²) in [5, 5.41) is 3.61. The van der Waals surface area contributed by atoms with Gasteiger partial charge >= 0.3 is 0 Å². The Bertz CT molecular complexity index is 436. The first-order valence-electron chi connectivity index (χ1n) is 8.04. The third-order valence-corrected chi connectivity index (χ3v) is 4.56. The van der Waals surface area contributed by atoms with Crippen LogP contribution < -0.4 is 10.2 Å². The molecule has 2 heterocycles. The highest BCUT2D eigenvalue weighted by Crippen LogP contribution is 2.34. The van der Waals surface area contributed by atoms with Gasteiger partial charge in [-0.2, -0.15) is 0 Å². The number of rotatable bonds is 5. The van der Waals surface area contributed by atoms with E-state index in [4.69, 9.17) is 4.74 Å². The number of hydrogen-bond acceptors (Lipinski definition) is 3. The SMILES string of the molecule is CCNC(CC)c1ccccc1N1CC2CCC(C1)O2. The van der Waals surface area contributed by atoms with Crippen LogP contribution in [0.1, 0.15) is 44.7 Å². The fourth-order valence-corrected chi connectivity index (χ4v) is 3.60. The molecule has 3 atom stereocenters. The molecule has 1 aromatic rings. The largest absolute Gasteiger partial charge is 0.371 e. The summed E-state index contributed by atoms with van der Waals surface area (Å²) in [7, 11) is 0. The van der Waals surface area contributed by atoms with Crippen LogP contribution in [-0.4, -0.2) is 31.8 Å². The van der Waals surface area contributed by atoms with Gasteiger partial charge in [0.2, 0.25) is 0 Å². The molecule has 3 rings (SSSR count). The van der Waals surface area contributed by atoms with Crippen molar-refractivity contribution in [3.63, 3.8) is 0 Å². The van der Waals surface area contributed by atoms with E-state index in [9.17, 15) is 0 Å². The quantitative estimate of drug-likeness (QED) is 0.893. The van der Waals surface area contributed by atoms with Gasteiger partial charge in [-0.15, -0.1) is 0 Å². The van der Waals surface area contributed by atoms with Crippen molar-refractivity contribution in [1.82, 2.24) is 5.32 Å². The molecule has 0 aromatic heterocycles. The average molecular weight is 274 g/mol. The molecule has 1 aromatic carbocycles. The fourth-order valence-electron chi connectivity index (χ4n) is 3.60. The number of nitrogens with zero attached hydrogens (tertiary/aromatic N) is 1. The van der Waals surface area contributed by atoms with Crippen LogP contribution in [0.25, 0.3) is 0 Å². The van der Waals surface area contributed by atoms with Crippen molar-refractivity contribution in [1.29, 1.82) is 0 Å². The van der Waals surface area contributed by atoms with Gasteiger partial charge in [0.05, 0.1) is 12.2 Å². The van der Waals surface area contributed by atoms with Crippen molar-refractivity contribution in [3.05, 3.63) is 29.8 Å². The van der Waals surface area contributed by atoms with Crippen LogP contribution in [0.4, 0.5) is 5.69 Å². The Morgan fingerprint density at radius 3 is 2.55 bits per heavy atom. The first kappa shape index (κ1) is 13.9. The maximum absolute atomic E-state index is 5.97. The maximum atomic E-state index is 5.97. The predicted molar refractivity (Wildman–Crippen MR) is 83.3 cm³/mol. The molecule has 110 valence electrons. The summed E-state index contributed by atoms with van der Waals surface area (Å²) < 4.78 is 5.97. The molecule has 0 aliphatic carbocycles. The Morgan fingerprint density at radius 2 is 1.90 bits per heavy atom. The monoisotopic (exact) mass is 274 g/mol. The van der Waals surface area contributed by atoms with Crippen LogP contribution in [-0.2, 0) is 4.74 Å². The number of morpholine rings is 1. The van der Waals surface area contributed by atoms with Crippen LogP contribution in [0.2, 0.25) is 0 Å². The zero-order chi connectivity index (χ0) is 13.9. The second kappa shape index (κ2) is 6.15. The molecular weight excluding hydrogens is 248 g/mol. The second-order valence-corrected chi connectivity index (χ2v) is 5.94. The molecule has 0 radical (unpaired) electrons. The summed E-state index contributed by atoms with van der Waals surface area (Å²) in [6.45, 7) is 7.56. The molecule has 2 aliphatic rings. The standard InChI is InChI=1S/C17H26N2O/c1-3-16(18-4-2)15-7-5-6-8-17(15)19-11-13-9-10-14(12-19)20-13/h5-8,13-14,16,18H,3-4,9-12H2,1-2H3. The van der Waals surface area contributed by atoms with Gasteiger partial charge in [-0.3, -0.25) is 0 Å². The minimum absolute atomic E-state index is 0.445. The summed E-state index contributed by atoms with van der Waals surface area (Å²) in [6, 6.07) is 9.34. The van der Waals surface area contributed by atoms with Crippen LogP contribution in [0.3, 0.4) is 0 Å². The van der Waals surface area contributed by atoms with Crippen LogP contribution >= 0.6 is 0 Å². The Kier molecular flexibility index (Phi) is 4.27. The lowest BCUT2D eigenvalue weighted by Crippen LogP contribution is -2.43. The molecule has 2 saturated heterocycles. The van der Waals surface area contributed by atoms with E-state index in [0.29, 0.717) is 18.2 Å². The average Bonchev–Trinajstić information content (AvgIpc) is 2.83. The van der Waals surface area contributed by atoms with Gasteiger partial charge in [-0.25, -0.2) is 0 Å². The van der Waals surface area contributed by atoms with Gasteiger partial charge in [0.1, 0.15) is 0 Å². The lowest BCUT2D eigenvalue weighted by molar-refractivity contribution is 0.0304. The maximum Gasteiger partial charge on any atom is 0.0755 e. The smallest absolute Gasteiger partial charge is 0.0755 e. The number of para-hydroxylation sites is 1. The van der Waals surface area contributed by atoms with Crippen molar-refractivity contribution in [2.24, 2.45) is 0 Å². The zero-order valence-electron chi connectivity index (χ0n) is 12.6. The molecule has 3 unspecified atom stereocenters. The van der Waals surface area contributed by atoms with Crippen molar-refractivity contribution < 1.29 is 4.74 Å². The number of hydrogen-bond donors (Lipinski definition) is 1. The number of fused-ring (bicyclic) bond motifs is 2. The lowest BCUT2D eigenvalue weighted by atomic mass is 10.0. The summed E-state index contributed by atoms with van der Waals surface area (Å²) in [6.07, 6.45) is 4.48. The van der Waals surface area contributed by atoms with Crippen molar-refractivity contribution in [3.8, 4) is 0 Å². The van der Waals surface area contributed by atoms with E-state index < -0.39 is 0 Å². The van der Waals surface area contributed by atoms with Crippen molar-refractivity contribution >= 4 is 5.69 Å². The Labute approximate surface area is 122 Å². The molecule has 2 fully saturated rings. The Balaban J connectivity index is 1.85. The number of benzene rings is 1. The molecular formula is C17H26N2O. The van der Waals surface area contributed by atoms with E-state index in [2.05, 4.69) is 48.3 Å². The first-order chi connectivity index (χ1) is 9.81. The van der Waals surface area contributed by atoms with E-state index in [1.54, 1.807) is 0 Å². The second-order valence-electron chi connectivity index (χ2n) is 5.94. The van der Waals surface area contributed by atoms with E-state index >= 15 is 0 Å². The summed E-state index contributed by atoms with van der Waals surface area (Å²) in [5.41, 5.74) is 2.85. The molecule has 0 amide bonds. The fraction of sp³-hybridized carbons (Fsp3) is 0.647. The highest BCUT2D eigenvalue weighted by atomic mass is 16.5. The molecule has 3 heteroatoms. The first-order valence-corrected chi connectivity index (χ1v) is 8.04. The molecule has 20 heavy (non-hydrogen) atoms. The Hall–Kier alpha value is -1.06. The van der Waals surface area contributed by atoms with Crippen molar-refractivity contribution in [2.75, 3.05) is 24.5 Å². The summed E-state index contributed by atoms with van der Waals surface area (Å²) in [5.74, 6) is 0. The number of anilines is 1. The normalized spacial score (nSPS) is 26.8. The van der Waals surface area contributed by atoms with Gasteiger partial charge in [0.15, 0.2) is 0 Å². The van der Waals surface area contributed by atoms with E-state index in [-0.39, 0.29) is 0 Å². The topological polar surface area (TPSA) is 24.5 Å². The highest BCUT2D eigenvalue weighted by molar-refractivity contribution is 5.55. The molecule has 0 spiro atoms. The minimum Gasteiger partial charge on any atom is -0.371 e. The third kappa shape index (κ3) is 2.70. The van der Waals surface area contributed by atoms with Gasteiger partial charge in [0, 0.05) is 24.8 Å². The number of nitrogens with one attached hydrogen (secondary N) is 1. The molecule has 2 bridgehead atoms. The van der Waals surface area contributed by atoms with Crippen LogP contribution in [0, 0.1) is 0 Å². The van der Waals surface area contributed by atoms with Gasteiger partial charge in [0.25, 0.3) is 0 Å². The molecule has 2 aliphatic heterocycles. The third-order valence-electron chi connectivity index (χ3n) is 4.56. The predicted octanol–water partition coefficient (Wildman–Crippen LogP) is 3.11. The minimum atomic E-state index is 0.445. The molecule has 0 saturated carbocycles. The van der Waals surface area contributed by atoms with Crippen molar-refractivity contribution in [2.45, 2.75) is 51.4 Å². The molecule has 3 nitrogen and oxygen atoms in total. The number of ether oxygens (including phenoxy) is 1. The van der Waals surface area contributed by atoms with E-state index in [1.165, 1.54) is 24.1 Å². The Morgan fingerprint density at radius 1 is 1.20 bits per heavy atom. The van der Waals surface area contributed by atoms with Gasteiger partial charge in [-0.05, 0) is 37.4 Å². The lowest BCUT2D eigenvalue weighted by Gasteiger charge is -2.36. The van der Waals surface area contributed by atoms with Crippen LogP contribution in [0.5, 0.6) is 0 Å². The van der Waals surface area contributed by atoms with Crippen LogP contribution in [0.15, 0.2) is 24.3 Å². The van der Waals surface area contributed by atoms with Gasteiger partial charge < -0.3 is 15.0 Å². The summed E-state index contributed by atoms with van der Waals surface area (Å²) >= 11 is 0. The van der Waals surface area contributed by atoms with E-state index in [1.807, 2.05) is 0 Å². The van der Waals surface area contributed by atoms with E-state index in [0.717, 1.165) is 26.1 Å².